The smallest absolute Gasteiger partial charge is 0.225 e. The lowest BCUT2D eigenvalue weighted by Gasteiger charge is -2.35. The third kappa shape index (κ3) is 3.43. The largest absolute Gasteiger partial charge is 0.377 e. The molecule has 2 fully saturated rings. The summed E-state index contributed by atoms with van der Waals surface area (Å²) in [6.07, 6.45) is 6.51. The van der Waals surface area contributed by atoms with Gasteiger partial charge in [-0.3, -0.25) is 4.90 Å². The summed E-state index contributed by atoms with van der Waals surface area (Å²) in [7, 11) is 0. The third-order valence-corrected chi connectivity index (χ3v) is 4.16. The fourth-order valence-corrected chi connectivity index (χ4v) is 2.88. The second-order valence-electron chi connectivity index (χ2n) is 5.12. The van der Waals surface area contributed by atoms with Gasteiger partial charge in [-0.25, -0.2) is 9.97 Å². The molecule has 2 aliphatic rings. The van der Waals surface area contributed by atoms with Gasteiger partial charge < -0.3 is 9.64 Å². The van der Waals surface area contributed by atoms with Crippen molar-refractivity contribution in [2.24, 2.45) is 0 Å². The molecule has 0 radical (unpaired) electrons. The van der Waals surface area contributed by atoms with E-state index in [0.29, 0.717) is 6.10 Å². The molecule has 1 aromatic heterocycles. The van der Waals surface area contributed by atoms with Gasteiger partial charge in [0.2, 0.25) is 5.95 Å². The fraction of sp³-hybridized carbons (Fsp3) is 0.692. The minimum Gasteiger partial charge on any atom is -0.377 e. The molecule has 0 bridgehead atoms. The molecular formula is C13H19BrN4O. The lowest BCUT2D eigenvalue weighted by Crippen LogP contribution is -2.49. The number of anilines is 1. The second-order valence-corrected chi connectivity index (χ2v) is 6.04. The Morgan fingerprint density at radius 2 is 1.95 bits per heavy atom. The van der Waals surface area contributed by atoms with Crippen molar-refractivity contribution in [1.82, 2.24) is 14.9 Å². The molecule has 0 spiro atoms. The quantitative estimate of drug-likeness (QED) is 0.842. The highest BCUT2D eigenvalue weighted by molar-refractivity contribution is 9.10. The highest BCUT2D eigenvalue weighted by atomic mass is 79.9. The minimum atomic E-state index is 0.454. The van der Waals surface area contributed by atoms with E-state index in [4.69, 9.17) is 4.74 Å². The van der Waals surface area contributed by atoms with Gasteiger partial charge in [0.15, 0.2) is 0 Å². The minimum absolute atomic E-state index is 0.454. The normalized spacial score (nSPS) is 24.9. The second kappa shape index (κ2) is 6.15. The van der Waals surface area contributed by atoms with E-state index < -0.39 is 0 Å². The van der Waals surface area contributed by atoms with Gasteiger partial charge in [-0.1, -0.05) is 0 Å². The Labute approximate surface area is 122 Å². The molecule has 0 N–H and O–H groups in total. The summed E-state index contributed by atoms with van der Waals surface area (Å²) < 4.78 is 6.62. The first-order chi connectivity index (χ1) is 9.31. The van der Waals surface area contributed by atoms with E-state index in [2.05, 4.69) is 35.7 Å². The van der Waals surface area contributed by atoms with Crippen LogP contribution >= 0.6 is 15.9 Å². The number of rotatable bonds is 3. The molecule has 0 amide bonds. The lowest BCUT2D eigenvalue weighted by atomic mass is 10.2. The molecule has 6 heteroatoms. The third-order valence-electron chi connectivity index (χ3n) is 3.75. The highest BCUT2D eigenvalue weighted by Gasteiger charge is 2.23. The van der Waals surface area contributed by atoms with Gasteiger partial charge in [0.05, 0.1) is 10.6 Å². The van der Waals surface area contributed by atoms with Gasteiger partial charge >= 0.3 is 0 Å². The SMILES string of the molecule is Brc1cnc(N2CCN(C[C@H]3CCCO3)CC2)nc1. The van der Waals surface area contributed by atoms with Crippen molar-refractivity contribution in [3.8, 4) is 0 Å². The van der Waals surface area contributed by atoms with Crippen LogP contribution in [0.25, 0.3) is 0 Å². The Morgan fingerprint density at radius 1 is 1.21 bits per heavy atom. The number of ether oxygens (including phenoxy) is 1. The van der Waals surface area contributed by atoms with Crippen LogP contribution in [0.4, 0.5) is 5.95 Å². The molecule has 2 aliphatic heterocycles. The van der Waals surface area contributed by atoms with E-state index in [0.717, 1.165) is 49.8 Å². The van der Waals surface area contributed by atoms with Crippen LogP contribution in [0.15, 0.2) is 16.9 Å². The summed E-state index contributed by atoms with van der Waals surface area (Å²) in [5.74, 6) is 0.833. The van der Waals surface area contributed by atoms with E-state index in [1.807, 2.05) is 0 Å². The van der Waals surface area contributed by atoms with E-state index in [1.165, 1.54) is 12.8 Å². The van der Waals surface area contributed by atoms with Gasteiger partial charge in [-0.2, -0.15) is 0 Å². The van der Waals surface area contributed by atoms with Crippen LogP contribution in [-0.4, -0.2) is 60.3 Å². The van der Waals surface area contributed by atoms with Gasteiger partial charge in [0.1, 0.15) is 0 Å². The number of piperazine rings is 1. The molecule has 19 heavy (non-hydrogen) atoms. The molecule has 5 nitrogen and oxygen atoms in total. The molecule has 0 aromatic carbocycles. The Kier molecular flexibility index (Phi) is 4.30. The maximum absolute atomic E-state index is 5.70. The first-order valence-electron chi connectivity index (χ1n) is 6.88. The fourth-order valence-electron chi connectivity index (χ4n) is 2.68. The molecule has 1 atom stereocenters. The summed E-state index contributed by atoms with van der Waals surface area (Å²) in [5.41, 5.74) is 0. The van der Waals surface area contributed by atoms with Gasteiger partial charge in [-0.15, -0.1) is 0 Å². The molecule has 0 aliphatic carbocycles. The Balaban J connectivity index is 1.50. The molecule has 2 saturated heterocycles. The van der Waals surface area contributed by atoms with Crippen LogP contribution in [0.3, 0.4) is 0 Å². The molecule has 3 rings (SSSR count). The van der Waals surface area contributed by atoms with Crippen molar-refractivity contribution in [3.63, 3.8) is 0 Å². The first-order valence-corrected chi connectivity index (χ1v) is 7.67. The van der Waals surface area contributed by atoms with Crippen LogP contribution < -0.4 is 4.90 Å². The van der Waals surface area contributed by atoms with E-state index in [-0.39, 0.29) is 0 Å². The van der Waals surface area contributed by atoms with Crippen LogP contribution in [0, 0.1) is 0 Å². The number of hydrogen-bond donors (Lipinski definition) is 0. The molecule has 1 aromatic rings. The predicted molar refractivity (Wildman–Crippen MR) is 77.4 cm³/mol. The number of aromatic nitrogens is 2. The zero-order chi connectivity index (χ0) is 13.1. The monoisotopic (exact) mass is 326 g/mol. The van der Waals surface area contributed by atoms with Gasteiger partial charge in [0, 0.05) is 51.7 Å². The standard InChI is InChI=1S/C13H19BrN4O/c14-11-8-15-13(16-9-11)18-5-3-17(4-6-18)10-12-2-1-7-19-12/h8-9,12H,1-7,10H2/t12-/m1/s1. The van der Waals surface area contributed by atoms with Crippen molar-refractivity contribution in [2.45, 2.75) is 18.9 Å². The number of halogens is 1. The zero-order valence-electron chi connectivity index (χ0n) is 11.0. The average molecular weight is 327 g/mol. The van der Waals surface area contributed by atoms with Crippen LogP contribution in [-0.2, 0) is 4.74 Å². The molecule has 0 unspecified atom stereocenters. The Hall–Kier alpha value is -0.720. The van der Waals surface area contributed by atoms with E-state index in [1.54, 1.807) is 12.4 Å². The van der Waals surface area contributed by atoms with Crippen molar-refractivity contribution in [3.05, 3.63) is 16.9 Å². The Morgan fingerprint density at radius 3 is 2.58 bits per heavy atom. The summed E-state index contributed by atoms with van der Waals surface area (Å²) in [6, 6.07) is 0. The average Bonchev–Trinajstić information content (AvgIpc) is 2.94. The summed E-state index contributed by atoms with van der Waals surface area (Å²) in [4.78, 5) is 13.4. The van der Waals surface area contributed by atoms with Crippen LogP contribution in [0.5, 0.6) is 0 Å². The van der Waals surface area contributed by atoms with Crippen molar-refractivity contribution < 1.29 is 4.74 Å². The van der Waals surface area contributed by atoms with Crippen LogP contribution in [0.1, 0.15) is 12.8 Å². The van der Waals surface area contributed by atoms with Gasteiger partial charge in [0.25, 0.3) is 0 Å². The topological polar surface area (TPSA) is 41.5 Å². The highest BCUT2D eigenvalue weighted by Crippen LogP contribution is 2.16. The van der Waals surface area contributed by atoms with E-state index in [9.17, 15) is 0 Å². The molecule has 0 saturated carbocycles. The number of hydrogen-bond acceptors (Lipinski definition) is 5. The van der Waals surface area contributed by atoms with Crippen molar-refractivity contribution in [1.29, 1.82) is 0 Å². The number of nitrogens with zero attached hydrogens (tertiary/aromatic N) is 4. The van der Waals surface area contributed by atoms with Crippen molar-refractivity contribution >= 4 is 21.9 Å². The van der Waals surface area contributed by atoms with Crippen molar-refractivity contribution in [2.75, 3.05) is 44.2 Å². The predicted octanol–water partition coefficient (Wildman–Crippen LogP) is 1.54. The Bertz CT molecular complexity index is 400. The van der Waals surface area contributed by atoms with E-state index >= 15 is 0 Å². The first kappa shape index (κ1) is 13.3. The van der Waals surface area contributed by atoms with Gasteiger partial charge in [-0.05, 0) is 28.8 Å². The lowest BCUT2D eigenvalue weighted by molar-refractivity contribution is 0.0712. The maximum Gasteiger partial charge on any atom is 0.225 e. The maximum atomic E-state index is 5.70. The van der Waals surface area contributed by atoms with Crippen LogP contribution in [0.2, 0.25) is 0 Å². The molecule has 104 valence electrons. The summed E-state index contributed by atoms with van der Waals surface area (Å²) in [6.45, 7) is 6.15. The molecular weight excluding hydrogens is 308 g/mol. The summed E-state index contributed by atoms with van der Waals surface area (Å²) >= 11 is 3.36. The summed E-state index contributed by atoms with van der Waals surface area (Å²) in [5, 5.41) is 0. The molecule has 3 heterocycles. The zero-order valence-corrected chi connectivity index (χ0v) is 12.5.